The maximum Gasteiger partial charge on any atom is 0.232 e. The predicted octanol–water partition coefficient (Wildman–Crippen LogP) is 3.45. The molecule has 14 heteroatoms. The van der Waals surface area contributed by atoms with E-state index in [1.165, 1.54) is 28.0 Å². The number of carbonyl (C=O) groups excluding carboxylic acids is 3. The average Bonchev–Trinajstić information content (AvgIpc) is 3.64. The number of aryl methyl sites for hydroxylation is 1. The molecule has 2 aliphatic heterocycles. The Labute approximate surface area is 306 Å². The number of amides is 3. The van der Waals surface area contributed by atoms with E-state index in [9.17, 15) is 14.4 Å². The lowest BCUT2D eigenvalue weighted by molar-refractivity contribution is -0.140. The van der Waals surface area contributed by atoms with Gasteiger partial charge in [-0.1, -0.05) is 44.9 Å². The topological polar surface area (TPSA) is 157 Å². The van der Waals surface area contributed by atoms with E-state index in [0.29, 0.717) is 65.7 Å². The number of carbonyl (C=O) groups is 3. The Bertz CT molecular complexity index is 1640. The van der Waals surface area contributed by atoms with Crippen LogP contribution in [0.4, 0.5) is 11.8 Å². The van der Waals surface area contributed by atoms with Crippen LogP contribution in [-0.2, 0) is 41.7 Å². The molecular formula is C38H56N8O6. The van der Waals surface area contributed by atoms with E-state index in [4.69, 9.17) is 19.9 Å². The highest BCUT2D eigenvalue weighted by molar-refractivity contribution is 6.03. The number of likely N-dealkylation sites (tertiary alicyclic amines) is 1. The number of rotatable bonds is 21. The number of hydrogen-bond donors (Lipinski definition) is 2. The number of nitrogen functional groups attached to an aromatic ring is 1. The number of nitrogens with zero attached hydrogens (tertiary/aromatic N) is 6. The number of unbranched alkanes of at least 4 members (excludes halogenated alkanes) is 2. The molecule has 1 unspecified atom stereocenters. The van der Waals surface area contributed by atoms with Crippen molar-refractivity contribution >= 4 is 40.5 Å². The highest BCUT2D eigenvalue weighted by Gasteiger charge is 2.35. The first kappa shape index (κ1) is 39.1. The van der Waals surface area contributed by atoms with Crippen molar-refractivity contribution in [2.24, 2.45) is 5.92 Å². The number of anilines is 2. The summed E-state index contributed by atoms with van der Waals surface area (Å²) in [5.41, 5.74) is 11.6. The molecule has 0 spiro atoms. The van der Waals surface area contributed by atoms with E-state index < -0.39 is 0 Å². The zero-order chi connectivity index (χ0) is 36.9. The monoisotopic (exact) mass is 720 g/mol. The highest BCUT2D eigenvalue weighted by Crippen LogP contribution is 2.25. The fraction of sp³-hybridized carbons (Fsp3) is 0.605. The first-order valence-corrected chi connectivity index (χ1v) is 18.8. The van der Waals surface area contributed by atoms with Gasteiger partial charge in [-0.25, -0.2) is 4.98 Å². The SMILES string of the molecule is CCCCCNc1nc(N)nc2ccn(Cc3ccc(CN4CCN(C(=O)CCOCCOCCOCCN5C(=O)CC(C)C5=O)CC4)cc3C)c12. The van der Waals surface area contributed by atoms with E-state index in [1.54, 1.807) is 6.92 Å². The van der Waals surface area contributed by atoms with Crippen LogP contribution < -0.4 is 11.1 Å². The summed E-state index contributed by atoms with van der Waals surface area (Å²) in [7, 11) is 0. The summed E-state index contributed by atoms with van der Waals surface area (Å²) < 4.78 is 18.8. The van der Waals surface area contributed by atoms with Gasteiger partial charge in [0.2, 0.25) is 23.7 Å². The number of fused-ring (bicyclic) bond motifs is 1. The minimum absolute atomic E-state index is 0.114. The molecule has 3 N–H and O–H groups in total. The van der Waals surface area contributed by atoms with Crippen molar-refractivity contribution in [1.82, 2.24) is 29.2 Å². The Morgan fingerprint density at radius 1 is 0.942 bits per heavy atom. The fourth-order valence-electron chi connectivity index (χ4n) is 6.69. The van der Waals surface area contributed by atoms with Gasteiger partial charge in [0.25, 0.3) is 0 Å². The molecule has 52 heavy (non-hydrogen) atoms. The van der Waals surface area contributed by atoms with Crippen LogP contribution in [0.3, 0.4) is 0 Å². The van der Waals surface area contributed by atoms with Crippen molar-refractivity contribution in [2.75, 3.05) is 90.0 Å². The van der Waals surface area contributed by atoms with Crippen LogP contribution in [0.2, 0.25) is 0 Å². The Morgan fingerprint density at radius 3 is 2.37 bits per heavy atom. The van der Waals surface area contributed by atoms with Gasteiger partial charge in [0, 0.05) is 64.3 Å². The van der Waals surface area contributed by atoms with Gasteiger partial charge < -0.3 is 34.7 Å². The minimum Gasteiger partial charge on any atom is -0.379 e. The van der Waals surface area contributed by atoms with E-state index in [-0.39, 0.29) is 42.6 Å². The molecule has 2 saturated heterocycles. The van der Waals surface area contributed by atoms with Crippen molar-refractivity contribution in [1.29, 1.82) is 0 Å². The second kappa shape index (κ2) is 19.6. The number of benzene rings is 1. The molecule has 1 atom stereocenters. The number of nitrogens with two attached hydrogens (primary N) is 1. The molecule has 284 valence electrons. The Morgan fingerprint density at radius 2 is 1.67 bits per heavy atom. The van der Waals surface area contributed by atoms with Crippen molar-refractivity contribution < 1.29 is 28.6 Å². The minimum atomic E-state index is -0.235. The van der Waals surface area contributed by atoms with Gasteiger partial charge in [0.05, 0.1) is 58.1 Å². The normalized spacial score (nSPS) is 16.8. The zero-order valence-electron chi connectivity index (χ0n) is 31.1. The molecule has 14 nitrogen and oxygen atoms in total. The van der Waals surface area contributed by atoms with Crippen LogP contribution in [0.5, 0.6) is 0 Å². The van der Waals surface area contributed by atoms with Crippen LogP contribution in [0, 0.1) is 12.8 Å². The van der Waals surface area contributed by atoms with Crippen molar-refractivity contribution in [3.8, 4) is 0 Å². The lowest BCUT2D eigenvalue weighted by atomic mass is 10.0. The first-order valence-electron chi connectivity index (χ1n) is 18.8. The summed E-state index contributed by atoms with van der Waals surface area (Å²) in [5, 5.41) is 3.48. The number of ether oxygens (including phenoxy) is 3. The van der Waals surface area contributed by atoms with E-state index in [0.717, 1.165) is 55.9 Å². The van der Waals surface area contributed by atoms with Gasteiger partial charge in [-0.15, -0.1) is 0 Å². The fourth-order valence-corrected chi connectivity index (χ4v) is 6.69. The van der Waals surface area contributed by atoms with Gasteiger partial charge in [0.1, 0.15) is 5.52 Å². The molecule has 0 saturated carbocycles. The molecule has 2 aromatic heterocycles. The third kappa shape index (κ3) is 11.0. The molecule has 3 amide bonds. The Kier molecular flexibility index (Phi) is 14.8. The second-order valence-corrected chi connectivity index (χ2v) is 13.7. The molecule has 0 aliphatic carbocycles. The summed E-state index contributed by atoms with van der Waals surface area (Å²) in [6.45, 7) is 14.1. The highest BCUT2D eigenvalue weighted by atomic mass is 16.5. The molecule has 4 heterocycles. The summed E-state index contributed by atoms with van der Waals surface area (Å²) in [6, 6.07) is 8.69. The third-order valence-corrected chi connectivity index (χ3v) is 9.71. The van der Waals surface area contributed by atoms with Crippen LogP contribution in [0.25, 0.3) is 11.0 Å². The lowest BCUT2D eigenvalue weighted by Gasteiger charge is -2.35. The summed E-state index contributed by atoms with van der Waals surface area (Å²) in [5.74, 6) is 0.683. The Balaban J connectivity index is 0.949. The van der Waals surface area contributed by atoms with Gasteiger partial charge in [-0.05, 0) is 36.1 Å². The largest absolute Gasteiger partial charge is 0.379 e. The van der Waals surface area contributed by atoms with Crippen molar-refractivity contribution in [2.45, 2.75) is 66.0 Å². The quantitative estimate of drug-likeness (QED) is 0.123. The maximum absolute atomic E-state index is 12.8. The molecule has 0 bridgehead atoms. The third-order valence-electron chi connectivity index (χ3n) is 9.71. The van der Waals surface area contributed by atoms with Crippen LogP contribution >= 0.6 is 0 Å². The lowest BCUT2D eigenvalue weighted by Crippen LogP contribution is -2.48. The number of nitrogens with one attached hydrogen (secondary N) is 1. The Hall–Kier alpha value is -4.11. The molecule has 3 aromatic rings. The van der Waals surface area contributed by atoms with E-state index in [2.05, 4.69) is 63.0 Å². The van der Waals surface area contributed by atoms with Crippen LogP contribution in [0.1, 0.15) is 62.6 Å². The van der Waals surface area contributed by atoms with Crippen molar-refractivity contribution in [3.05, 3.63) is 47.2 Å². The van der Waals surface area contributed by atoms with Crippen LogP contribution in [0.15, 0.2) is 30.5 Å². The molecule has 5 rings (SSSR count). The second-order valence-electron chi connectivity index (χ2n) is 13.7. The number of aromatic nitrogens is 3. The summed E-state index contributed by atoms with van der Waals surface area (Å²) in [6.07, 6.45) is 6.10. The van der Waals surface area contributed by atoms with Gasteiger partial charge in [0.15, 0.2) is 5.82 Å². The zero-order valence-corrected chi connectivity index (χ0v) is 31.1. The first-order chi connectivity index (χ1) is 25.2. The van der Waals surface area contributed by atoms with Gasteiger partial charge in [-0.3, -0.25) is 24.2 Å². The maximum atomic E-state index is 12.8. The van der Waals surface area contributed by atoms with Crippen molar-refractivity contribution in [3.63, 3.8) is 0 Å². The van der Waals surface area contributed by atoms with E-state index >= 15 is 0 Å². The molecular weight excluding hydrogens is 664 g/mol. The molecule has 0 radical (unpaired) electrons. The van der Waals surface area contributed by atoms with Crippen LogP contribution in [-0.4, -0.2) is 126 Å². The van der Waals surface area contributed by atoms with E-state index in [1.807, 2.05) is 11.0 Å². The average molecular weight is 721 g/mol. The standard InChI is InChI=1S/C38H56N8O6/c1-4-5-6-11-40-36-35-32(41-38(39)42-36)9-12-45(35)27-31-8-7-30(24-28(31)2)26-43-13-15-44(16-14-43)33(47)10-18-50-20-22-52-23-21-51-19-17-46-34(48)25-29(3)37(46)49/h7-9,12,24,29H,4-6,10-11,13-23,25-27H2,1-3H3,(H3,39,40,41,42). The molecule has 2 fully saturated rings. The predicted molar refractivity (Wildman–Crippen MR) is 200 cm³/mol. The molecule has 1 aromatic carbocycles. The number of imide groups is 1. The van der Waals surface area contributed by atoms with Gasteiger partial charge in [-0.2, -0.15) is 4.98 Å². The smallest absolute Gasteiger partial charge is 0.232 e. The number of piperazine rings is 1. The number of hydrogen-bond acceptors (Lipinski definition) is 11. The summed E-state index contributed by atoms with van der Waals surface area (Å²) >= 11 is 0. The molecule has 2 aliphatic rings. The summed E-state index contributed by atoms with van der Waals surface area (Å²) in [4.78, 5) is 51.1. The van der Waals surface area contributed by atoms with Gasteiger partial charge >= 0.3 is 0 Å².